The first-order chi connectivity index (χ1) is 17.4. The number of hydrogen-bond acceptors (Lipinski definition) is 6. The molecular weight excluding hydrogens is 525 g/mol. The molecule has 4 aromatic rings. The van der Waals surface area contributed by atoms with Crippen LogP contribution in [0.25, 0.3) is 16.9 Å². The first-order valence-corrected chi connectivity index (χ1v) is 11.7. The van der Waals surface area contributed by atoms with Crippen molar-refractivity contribution in [2.24, 2.45) is 5.73 Å². The largest absolute Gasteiger partial charge is 0.378 e. The number of amides is 1. The summed E-state index contributed by atoms with van der Waals surface area (Å²) in [5, 5.41) is 5.75. The highest BCUT2D eigenvalue weighted by atomic mass is 35.5. The first kappa shape index (κ1) is 28.3. The molecule has 1 amide bonds. The number of anilines is 2. The number of aromatic nitrogens is 3. The number of imidazole rings is 1. The Morgan fingerprint density at radius 1 is 1.16 bits per heavy atom. The zero-order valence-corrected chi connectivity index (χ0v) is 21.5. The molecular formula is C25H26Cl2F2N6O2. The van der Waals surface area contributed by atoms with E-state index in [1.165, 1.54) is 24.5 Å². The molecule has 0 radical (unpaired) electrons. The average Bonchev–Trinajstić information content (AvgIpc) is 3.32. The Bertz CT molecular complexity index is 1400. The number of fused-ring (bicyclic) bond motifs is 1. The summed E-state index contributed by atoms with van der Waals surface area (Å²) >= 11 is 5.69. The number of ether oxygens (including phenoxy) is 1. The van der Waals surface area contributed by atoms with Gasteiger partial charge in [0.1, 0.15) is 0 Å². The SMILES string of the molecule is CCc1cc(Nc2nccn3c(-c4ccc(Cl)c(F)c4F)cnc23)ccc1C(=O)NCCOCCN.Cl. The second kappa shape index (κ2) is 12.8. The van der Waals surface area contributed by atoms with Gasteiger partial charge in [-0.25, -0.2) is 18.7 Å². The monoisotopic (exact) mass is 550 g/mol. The van der Waals surface area contributed by atoms with Gasteiger partial charge in [0, 0.05) is 42.3 Å². The highest BCUT2D eigenvalue weighted by Gasteiger charge is 2.18. The number of nitrogens with two attached hydrogens (primary N) is 1. The molecule has 0 aliphatic heterocycles. The molecule has 4 rings (SSSR count). The Kier molecular flexibility index (Phi) is 9.76. The number of carbonyl (C=O) groups excluding carboxylic acids is 1. The smallest absolute Gasteiger partial charge is 0.251 e. The van der Waals surface area contributed by atoms with E-state index < -0.39 is 11.6 Å². The third-order valence-electron chi connectivity index (χ3n) is 5.53. The molecule has 0 bridgehead atoms. The van der Waals surface area contributed by atoms with Gasteiger partial charge in [0.25, 0.3) is 5.91 Å². The molecule has 0 aliphatic carbocycles. The first-order valence-electron chi connectivity index (χ1n) is 11.4. The summed E-state index contributed by atoms with van der Waals surface area (Å²) < 4.78 is 35.5. The summed E-state index contributed by atoms with van der Waals surface area (Å²) in [6.45, 7) is 3.61. The van der Waals surface area contributed by atoms with Crippen LogP contribution in [-0.4, -0.2) is 46.6 Å². The fourth-order valence-electron chi connectivity index (χ4n) is 3.77. The second-order valence-electron chi connectivity index (χ2n) is 7.84. The van der Waals surface area contributed by atoms with Crippen molar-refractivity contribution in [3.63, 3.8) is 0 Å². The lowest BCUT2D eigenvalue weighted by Crippen LogP contribution is -2.28. The lowest BCUT2D eigenvalue weighted by Gasteiger charge is -2.13. The van der Waals surface area contributed by atoms with Crippen LogP contribution >= 0.6 is 24.0 Å². The number of halogens is 4. The number of benzene rings is 2. The van der Waals surface area contributed by atoms with Crippen molar-refractivity contribution >= 4 is 47.1 Å². The van der Waals surface area contributed by atoms with Crippen LogP contribution < -0.4 is 16.4 Å². The Labute approximate surface area is 223 Å². The van der Waals surface area contributed by atoms with Crippen LogP contribution in [0.15, 0.2) is 48.9 Å². The highest BCUT2D eigenvalue weighted by molar-refractivity contribution is 6.30. The minimum atomic E-state index is -1.11. The van der Waals surface area contributed by atoms with Crippen molar-refractivity contribution in [2.45, 2.75) is 13.3 Å². The van der Waals surface area contributed by atoms with Crippen LogP contribution in [0.5, 0.6) is 0 Å². The molecule has 0 saturated carbocycles. The zero-order valence-electron chi connectivity index (χ0n) is 19.9. The summed E-state index contributed by atoms with van der Waals surface area (Å²) in [4.78, 5) is 21.3. The maximum absolute atomic E-state index is 14.5. The molecule has 8 nitrogen and oxygen atoms in total. The minimum absolute atomic E-state index is 0. The second-order valence-corrected chi connectivity index (χ2v) is 8.25. The van der Waals surface area contributed by atoms with Crippen LogP contribution in [0.2, 0.25) is 5.02 Å². The minimum Gasteiger partial charge on any atom is -0.378 e. The number of aryl methyl sites for hydroxylation is 1. The van der Waals surface area contributed by atoms with E-state index in [1.54, 1.807) is 22.7 Å². The summed E-state index contributed by atoms with van der Waals surface area (Å²) in [6, 6.07) is 8.07. The van der Waals surface area contributed by atoms with E-state index in [-0.39, 0.29) is 28.9 Å². The Balaban J connectivity index is 0.00000380. The fourth-order valence-corrected chi connectivity index (χ4v) is 3.92. The van der Waals surface area contributed by atoms with E-state index in [9.17, 15) is 13.6 Å². The zero-order chi connectivity index (χ0) is 25.7. The third-order valence-corrected chi connectivity index (χ3v) is 5.82. The standard InChI is InChI=1S/C25H25ClF2N6O2.ClH/c1-2-15-13-16(3-4-17(15)25(35)31-9-12-36-11-7-29)33-23-24-32-14-20(34(24)10-8-30-23)18-5-6-19(26)22(28)21(18)27;/h3-6,8,10,13-14H,2,7,9,11-12,29H2,1H3,(H,30,33)(H,31,35);1H. The molecule has 12 heteroatoms. The maximum Gasteiger partial charge on any atom is 0.251 e. The number of rotatable bonds is 10. The molecule has 0 spiro atoms. The molecule has 0 saturated heterocycles. The molecule has 196 valence electrons. The maximum atomic E-state index is 14.5. The van der Waals surface area contributed by atoms with E-state index >= 15 is 0 Å². The predicted octanol–water partition coefficient (Wildman–Crippen LogP) is 4.76. The molecule has 4 N–H and O–H groups in total. The molecule has 37 heavy (non-hydrogen) atoms. The molecule has 2 aromatic heterocycles. The van der Waals surface area contributed by atoms with E-state index in [4.69, 9.17) is 22.1 Å². The van der Waals surface area contributed by atoms with Gasteiger partial charge in [-0.15, -0.1) is 12.4 Å². The lowest BCUT2D eigenvalue weighted by atomic mass is 10.0. The Morgan fingerprint density at radius 3 is 2.73 bits per heavy atom. The average molecular weight is 551 g/mol. The number of nitrogens with one attached hydrogen (secondary N) is 2. The summed E-state index contributed by atoms with van der Waals surface area (Å²) in [5.41, 5.74) is 8.28. The molecule has 0 fully saturated rings. The van der Waals surface area contributed by atoms with Crippen molar-refractivity contribution in [1.29, 1.82) is 0 Å². The van der Waals surface area contributed by atoms with Gasteiger partial charge >= 0.3 is 0 Å². The van der Waals surface area contributed by atoms with Gasteiger partial charge in [-0.1, -0.05) is 18.5 Å². The summed E-state index contributed by atoms with van der Waals surface area (Å²) in [7, 11) is 0. The summed E-state index contributed by atoms with van der Waals surface area (Å²) in [5.74, 6) is -1.95. The van der Waals surface area contributed by atoms with Crippen LogP contribution in [0, 0.1) is 11.6 Å². The number of hydrogen-bond donors (Lipinski definition) is 3. The van der Waals surface area contributed by atoms with Gasteiger partial charge in [-0.2, -0.15) is 0 Å². The normalized spacial score (nSPS) is 10.8. The van der Waals surface area contributed by atoms with Crippen LogP contribution in [-0.2, 0) is 11.2 Å². The van der Waals surface area contributed by atoms with Crippen molar-refractivity contribution in [3.8, 4) is 11.3 Å². The van der Waals surface area contributed by atoms with Gasteiger partial charge in [-0.05, 0) is 42.3 Å². The number of carbonyl (C=O) groups is 1. The topological polar surface area (TPSA) is 107 Å². The van der Waals surface area contributed by atoms with Gasteiger partial charge in [0.15, 0.2) is 23.1 Å². The van der Waals surface area contributed by atoms with Gasteiger partial charge in [0.2, 0.25) is 0 Å². The van der Waals surface area contributed by atoms with Crippen molar-refractivity contribution in [2.75, 3.05) is 31.6 Å². The summed E-state index contributed by atoms with van der Waals surface area (Å²) in [6.07, 6.45) is 5.21. The van der Waals surface area contributed by atoms with Gasteiger partial charge in [-0.3, -0.25) is 9.20 Å². The van der Waals surface area contributed by atoms with E-state index in [2.05, 4.69) is 20.6 Å². The third kappa shape index (κ3) is 6.16. The van der Waals surface area contributed by atoms with Crippen molar-refractivity contribution in [3.05, 3.63) is 76.7 Å². The van der Waals surface area contributed by atoms with Gasteiger partial charge < -0.3 is 21.1 Å². The van der Waals surface area contributed by atoms with Gasteiger partial charge in [0.05, 0.1) is 30.1 Å². The Hall–Kier alpha value is -3.31. The molecule has 0 atom stereocenters. The quantitative estimate of drug-likeness (QED) is 0.194. The number of nitrogens with zero attached hydrogens (tertiary/aromatic N) is 3. The van der Waals surface area contributed by atoms with Crippen LogP contribution in [0.1, 0.15) is 22.8 Å². The molecule has 0 unspecified atom stereocenters. The van der Waals surface area contributed by atoms with Crippen LogP contribution in [0.3, 0.4) is 0 Å². The van der Waals surface area contributed by atoms with E-state index in [0.29, 0.717) is 61.1 Å². The Morgan fingerprint density at radius 2 is 1.97 bits per heavy atom. The molecule has 2 aromatic carbocycles. The fraction of sp³-hybridized carbons (Fsp3) is 0.240. The molecule has 0 aliphatic rings. The van der Waals surface area contributed by atoms with Crippen LogP contribution in [0.4, 0.5) is 20.3 Å². The van der Waals surface area contributed by atoms with E-state index in [1.807, 2.05) is 13.0 Å². The molecule has 2 heterocycles. The lowest BCUT2D eigenvalue weighted by molar-refractivity contribution is 0.0919. The highest BCUT2D eigenvalue weighted by Crippen LogP contribution is 2.30. The predicted molar refractivity (Wildman–Crippen MR) is 142 cm³/mol. The van der Waals surface area contributed by atoms with Crippen molar-refractivity contribution in [1.82, 2.24) is 19.7 Å². The van der Waals surface area contributed by atoms with E-state index in [0.717, 1.165) is 5.56 Å². The van der Waals surface area contributed by atoms with Crippen molar-refractivity contribution < 1.29 is 18.3 Å².